The fraction of sp³-hybridized carbons (Fsp3) is 0.0556. The first-order valence-corrected chi connectivity index (χ1v) is 15.4. The molecule has 206 valence electrons. The van der Waals surface area contributed by atoms with Gasteiger partial charge in [0.2, 0.25) is 0 Å². The minimum absolute atomic E-state index is 0.455. The van der Waals surface area contributed by atoms with Gasteiger partial charge in [-0.2, -0.15) is 0 Å². The van der Waals surface area contributed by atoms with E-state index in [2.05, 4.69) is 53.8 Å². The molecule has 5 nitrogen and oxygen atoms in total. The second kappa shape index (κ2) is 10.8. The quantitative estimate of drug-likeness (QED) is 0.138. The topological polar surface area (TPSA) is 56.8 Å². The van der Waals surface area contributed by atoms with Crippen LogP contribution in [0.3, 0.4) is 0 Å². The van der Waals surface area contributed by atoms with E-state index in [9.17, 15) is 0 Å². The summed E-state index contributed by atoms with van der Waals surface area (Å²) in [6, 6.07) is 44.8. The van der Waals surface area contributed by atoms with E-state index in [1.54, 1.807) is 31.4 Å². The predicted molar refractivity (Wildman–Crippen MR) is 171 cm³/mol. The second-order valence-electron chi connectivity index (χ2n) is 10.1. The van der Waals surface area contributed by atoms with Crippen LogP contribution in [0.25, 0.3) is 32.3 Å². The Labute approximate surface area is 244 Å². The third kappa shape index (κ3) is 4.78. The molecule has 0 bridgehead atoms. The first-order chi connectivity index (χ1) is 20.6. The minimum Gasteiger partial charge on any atom is -0.497 e. The summed E-state index contributed by atoms with van der Waals surface area (Å²) in [6.07, 6.45) is 0. The molecule has 0 amide bonds. The average molecular weight is 570 g/mol. The normalized spacial score (nSPS) is 12.4. The molecule has 0 fully saturated rings. The van der Waals surface area contributed by atoms with Crippen molar-refractivity contribution >= 4 is 45.6 Å². The van der Waals surface area contributed by atoms with Crippen molar-refractivity contribution < 1.29 is 18.3 Å². The molecule has 7 rings (SSSR count). The molecule has 7 aromatic rings. The maximum absolute atomic E-state index is 15.3. The smallest absolute Gasteiger partial charge is 0.457 e. The van der Waals surface area contributed by atoms with Gasteiger partial charge in [-0.3, -0.25) is 0 Å². The van der Waals surface area contributed by atoms with Crippen LogP contribution >= 0.6 is 7.60 Å². The number of nitrogens with one attached hydrogen (secondary N) is 1. The van der Waals surface area contributed by atoms with Crippen LogP contribution in [0.1, 0.15) is 11.3 Å². The molecule has 0 heterocycles. The van der Waals surface area contributed by atoms with E-state index < -0.39 is 13.4 Å². The molecule has 1 atom stereocenters. The summed E-state index contributed by atoms with van der Waals surface area (Å²) < 4.78 is 33.4. The highest BCUT2D eigenvalue weighted by molar-refractivity contribution is 7.55. The summed E-state index contributed by atoms with van der Waals surface area (Å²) in [6.45, 7) is 0. The summed E-state index contributed by atoms with van der Waals surface area (Å²) >= 11 is 0. The van der Waals surface area contributed by atoms with Gasteiger partial charge in [0, 0.05) is 5.69 Å². The van der Waals surface area contributed by atoms with Crippen LogP contribution in [-0.2, 0) is 4.57 Å². The fourth-order valence-corrected chi connectivity index (χ4v) is 7.50. The second-order valence-corrected chi connectivity index (χ2v) is 12.1. The van der Waals surface area contributed by atoms with Crippen LogP contribution in [0.2, 0.25) is 0 Å². The van der Waals surface area contributed by atoms with Crippen molar-refractivity contribution in [3.8, 4) is 17.2 Å². The van der Waals surface area contributed by atoms with Crippen LogP contribution in [0.4, 0.5) is 5.69 Å². The third-order valence-corrected chi connectivity index (χ3v) is 9.49. The standard InChI is InChI=1S/C36H28NO4P/c1-39-29-21-19-28(20-22-29)37-36(42(38,40-30-11-4-2-5-12-30)41-31-13-6-3-7-14-31)33-24-18-27-16-15-25-9-8-10-26-17-23-32(33)35(27)34(25)26/h2-24,36-37H,1H3. The summed E-state index contributed by atoms with van der Waals surface area (Å²) in [5.41, 5.74) is 1.56. The Morgan fingerprint density at radius 3 is 1.69 bits per heavy atom. The number of para-hydroxylation sites is 2. The molecular formula is C36H28NO4P. The number of methoxy groups -OCH3 is 1. The lowest BCUT2D eigenvalue weighted by Crippen LogP contribution is -2.18. The number of hydrogen-bond donors (Lipinski definition) is 1. The molecule has 0 aromatic heterocycles. The maximum Gasteiger partial charge on any atom is 0.457 e. The first-order valence-electron chi connectivity index (χ1n) is 13.8. The summed E-state index contributed by atoms with van der Waals surface area (Å²) in [7, 11) is -2.38. The molecule has 0 radical (unpaired) electrons. The molecule has 6 heteroatoms. The molecular weight excluding hydrogens is 541 g/mol. The predicted octanol–water partition coefficient (Wildman–Crippen LogP) is 10.1. The van der Waals surface area contributed by atoms with E-state index in [1.807, 2.05) is 66.7 Å². The van der Waals surface area contributed by atoms with Gasteiger partial charge in [-0.05, 0) is 86.4 Å². The van der Waals surface area contributed by atoms with Gasteiger partial charge in [-0.15, -0.1) is 0 Å². The zero-order chi connectivity index (χ0) is 28.5. The van der Waals surface area contributed by atoms with Crippen LogP contribution < -0.4 is 19.1 Å². The van der Waals surface area contributed by atoms with Crippen molar-refractivity contribution in [1.29, 1.82) is 0 Å². The molecule has 1 unspecified atom stereocenters. The highest BCUT2D eigenvalue weighted by atomic mass is 31.2. The highest BCUT2D eigenvalue weighted by Crippen LogP contribution is 2.61. The summed E-state index contributed by atoms with van der Waals surface area (Å²) in [5, 5.41) is 10.3. The molecule has 7 aromatic carbocycles. The Hall–Kier alpha value is -4.99. The Balaban J connectivity index is 1.46. The number of benzene rings is 7. The number of hydrogen-bond acceptors (Lipinski definition) is 5. The van der Waals surface area contributed by atoms with E-state index in [4.69, 9.17) is 13.8 Å². The third-order valence-electron chi connectivity index (χ3n) is 7.52. The molecule has 0 aliphatic heterocycles. The van der Waals surface area contributed by atoms with Crippen molar-refractivity contribution in [2.75, 3.05) is 12.4 Å². The fourth-order valence-electron chi connectivity index (χ4n) is 5.55. The van der Waals surface area contributed by atoms with Crippen molar-refractivity contribution in [1.82, 2.24) is 0 Å². The highest BCUT2D eigenvalue weighted by Gasteiger charge is 2.42. The molecule has 0 spiro atoms. The van der Waals surface area contributed by atoms with Crippen LogP contribution in [0.15, 0.2) is 140 Å². The van der Waals surface area contributed by atoms with Crippen LogP contribution in [-0.4, -0.2) is 7.11 Å². The van der Waals surface area contributed by atoms with Crippen molar-refractivity contribution in [3.05, 3.63) is 145 Å². The number of ether oxygens (including phenoxy) is 1. The Morgan fingerprint density at radius 1 is 0.548 bits per heavy atom. The zero-order valence-electron chi connectivity index (χ0n) is 22.9. The van der Waals surface area contributed by atoms with Crippen molar-refractivity contribution in [2.24, 2.45) is 0 Å². The number of rotatable bonds is 9. The lowest BCUT2D eigenvalue weighted by atomic mass is 9.92. The summed E-state index contributed by atoms with van der Waals surface area (Å²) in [5.74, 6) is 0.770. The molecule has 0 aliphatic rings. The lowest BCUT2D eigenvalue weighted by Gasteiger charge is -2.30. The van der Waals surface area contributed by atoms with Crippen LogP contribution in [0, 0.1) is 0 Å². The van der Waals surface area contributed by atoms with Gasteiger partial charge in [0.1, 0.15) is 17.2 Å². The Bertz CT molecular complexity index is 1970. The van der Waals surface area contributed by atoms with Crippen molar-refractivity contribution in [2.45, 2.75) is 5.78 Å². The van der Waals surface area contributed by atoms with Gasteiger partial charge in [-0.1, -0.05) is 91.0 Å². The first kappa shape index (κ1) is 25.9. The van der Waals surface area contributed by atoms with Gasteiger partial charge in [0.25, 0.3) is 0 Å². The summed E-state index contributed by atoms with van der Waals surface area (Å²) in [4.78, 5) is 0. The Morgan fingerprint density at radius 2 is 1.10 bits per heavy atom. The largest absolute Gasteiger partial charge is 0.497 e. The molecule has 0 saturated heterocycles. The van der Waals surface area contributed by atoms with E-state index in [-0.39, 0.29) is 0 Å². The molecule has 1 N–H and O–H groups in total. The number of anilines is 1. The lowest BCUT2D eigenvalue weighted by molar-refractivity contribution is 0.376. The average Bonchev–Trinajstić information content (AvgIpc) is 3.04. The molecule has 0 aliphatic carbocycles. The Kier molecular flexibility index (Phi) is 6.65. The molecule has 0 saturated carbocycles. The van der Waals surface area contributed by atoms with Gasteiger partial charge >= 0.3 is 7.60 Å². The van der Waals surface area contributed by atoms with Gasteiger partial charge < -0.3 is 19.1 Å². The van der Waals surface area contributed by atoms with Gasteiger partial charge in [0.15, 0.2) is 5.78 Å². The monoisotopic (exact) mass is 569 g/mol. The van der Waals surface area contributed by atoms with E-state index >= 15 is 4.57 Å². The SMILES string of the molecule is COc1ccc(NC(c2ccc3ccc4cccc5ccc2c3c45)P(=O)(Oc2ccccc2)Oc2ccccc2)cc1. The zero-order valence-corrected chi connectivity index (χ0v) is 23.8. The van der Waals surface area contributed by atoms with E-state index in [0.717, 1.165) is 43.9 Å². The van der Waals surface area contributed by atoms with E-state index in [1.165, 1.54) is 5.39 Å². The molecule has 42 heavy (non-hydrogen) atoms. The van der Waals surface area contributed by atoms with E-state index in [0.29, 0.717) is 11.5 Å². The maximum atomic E-state index is 15.3. The van der Waals surface area contributed by atoms with Gasteiger partial charge in [-0.25, -0.2) is 4.57 Å². The van der Waals surface area contributed by atoms with Crippen LogP contribution in [0.5, 0.6) is 17.2 Å². The van der Waals surface area contributed by atoms with Crippen molar-refractivity contribution in [3.63, 3.8) is 0 Å². The van der Waals surface area contributed by atoms with Gasteiger partial charge in [0.05, 0.1) is 7.11 Å². The minimum atomic E-state index is -4.01.